The van der Waals surface area contributed by atoms with E-state index >= 15 is 0 Å². The summed E-state index contributed by atoms with van der Waals surface area (Å²) in [6, 6.07) is 48.9. The van der Waals surface area contributed by atoms with Crippen molar-refractivity contribution in [2.45, 2.75) is 64.1 Å². The summed E-state index contributed by atoms with van der Waals surface area (Å²) in [6.07, 6.45) is 3.09. The summed E-state index contributed by atoms with van der Waals surface area (Å²) >= 11 is 0. The lowest BCUT2D eigenvalue weighted by Crippen LogP contribution is -2.39. The molecule has 2 atom stereocenters. The zero-order chi connectivity index (χ0) is 37.5. The summed E-state index contributed by atoms with van der Waals surface area (Å²) in [5, 5.41) is 24.5. The summed E-state index contributed by atoms with van der Waals surface area (Å²) in [5.74, 6) is 1.73. The van der Waals surface area contributed by atoms with Crippen LogP contribution in [0.5, 0.6) is 0 Å². The Kier molecular flexibility index (Phi) is 8.91. The Morgan fingerprint density at radius 1 is 0.764 bits per heavy atom. The largest absolute Gasteiger partial charge is 0.387 e. The second-order valence-electron chi connectivity index (χ2n) is 14.6. The maximum atomic E-state index is 10.5. The number of aryl methyl sites for hydroxylation is 3. The van der Waals surface area contributed by atoms with Crippen molar-refractivity contribution in [3.8, 4) is 22.5 Å². The highest BCUT2D eigenvalue weighted by atomic mass is 16.3. The van der Waals surface area contributed by atoms with Crippen molar-refractivity contribution in [2.75, 3.05) is 0 Å². The molecular weight excluding hydrogens is 679 g/mol. The fourth-order valence-electron chi connectivity index (χ4n) is 8.67. The fraction of sp³-hybridized carbons (Fsp3) is 0.213. The summed E-state index contributed by atoms with van der Waals surface area (Å²) in [6.45, 7) is 6.03. The number of benzene rings is 5. The molecule has 55 heavy (non-hydrogen) atoms. The number of hydrogen-bond donors (Lipinski definition) is 1. The maximum Gasteiger partial charge on any atom is 0.184 e. The number of tetrazole rings is 1. The molecule has 9 rings (SSSR count). The van der Waals surface area contributed by atoms with E-state index in [1.54, 1.807) is 6.92 Å². The lowest BCUT2D eigenvalue weighted by molar-refractivity contribution is 0.194. The highest BCUT2D eigenvalue weighted by Crippen LogP contribution is 2.45. The first-order valence-corrected chi connectivity index (χ1v) is 19.2. The molecule has 8 nitrogen and oxygen atoms in total. The summed E-state index contributed by atoms with van der Waals surface area (Å²) in [5.41, 5.74) is 11.5. The zero-order valence-corrected chi connectivity index (χ0v) is 31.3. The van der Waals surface area contributed by atoms with Gasteiger partial charge in [-0.3, -0.25) is 0 Å². The van der Waals surface area contributed by atoms with Gasteiger partial charge in [0.2, 0.25) is 0 Å². The molecule has 1 aliphatic rings. The molecule has 3 aromatic heterocycles. The Morgan fingerprint density at radius 2 is 1.38 bits per heavy atom. The van der Waals surface area contributed by atoms with E-state index in [1.165, 1.54) is 11.1 Å². The first kappa shape index (κ1) is 34.5. The summed E-state index contributed by atoms with van der Waals surface area (Å²) < 4.78 is 4.35. The van der Waals surface area contributed by atoms with Gasteiger partial charge in [0.1, 0.15) is 16.9 Å². The van der Waals surface area contributed by atoms with Gasteiger partial charge in [-0.15, -0.1) is 5.10 Å². The second kappa shape index (κ2) is 14.2. The molecule has 0 bridgehead atoms. The van der Waals surface area contributed by atoms with Crippen LogP contribution in [-0.2, 0) is 18.4 Å². The van der Waals surface area contributed by atoms with Gasteiger partial charge in [0.05, 0.1) is 17.8 Å². The van der Waals surface area contributed by atoms with Crippen LogP contribution in [0.25, 0.3) is 33.7 Å². The van der Waals surface area contributed by atoms with Crippen LogP contribution in [0.1, 0.15) is 83.7 Å². The molecule has 8 heteroatoms. The van der Waals surface area contributed by atoms with E-state index < -0.39 is 11.6 Å². The Balaban J connectivity index is 1.18. The van der Waals surface area contributed by atoms with Crippen LogP contribution < -0.4 is 0 Å². The Morgan fingerprint density at radius 3 is 2.00 bits per heavy atom. The highest BCUT2D eigenvalue weighted by molar-refractivity contribution is 5.82. The Bertz CT molecular complexity index is 2520. The van der Waals surface area contributed by atoms with Crippen LogP contribution in [0.3, 0.4) is 0 Å². The van der Waals surface area contributed by atoms with E-state index in [9.17, 15) is 5.11 Å². The standard InChI is InChI=1S/C47H43N7O/c1-4-16-43-49-44-31(2)29-41(32(3)55)48-46(44)53(43)42-28-26-34-30-33(25-27-39(34)42)38-23-14-15-24-40(38)45-50-51-52-54(45)47(35-17-8-5-9-18-35,36-19-10-6-11-20-36)37-21-12-7-13-22-37/h5-15,17-25,27,29-30,32,42,55H,4,16,26,28H2,1-3H3/t32-,42+/m1/s1. The number of imidazole rings is 1. The Labute approximate surface area is 321 Å². The molecule has 0 saturated carbocycles. The van der Waals surface area contributed by atoms with Gasteiger partial charge in [-0.2, -0.15) is 0 Å². The van der Waals surface area contributed by atoms with Crippen LogP contribution in [0.15, 0.2) is 140 Å². The van der Waals surface area contributed by atoms with Gasteiger partial charge in [0, 0.05) is 12.0 Å². The van der Waals surface area contributed by atoms with Crippen LogP contribution in [0, 0.1) is 6.92 Å². The zero-order valence-electron chi connectivity index (χ0n) is 31.3. The number of nitrogens with zero attached hydrogens (tertiary/aromatic N) is 7. The third-order valence-corrected chi connectivity index (χ3v) is 11.2. The maximum absolute atomic E-state index is 10.5. The third kappa shape index (κ3) is 5.76. The van der Waals surface area contributed by atoms with Crippen LogP contribution in [0.2, 0.25) is 0 Å². The van der Waals surface area contributed by atoms with Gasteiger partial charge in [-0.25, -0.2) is 14.6 Å². The molecule has 1 N–H and O–H groups in total. The molecular formula is C47H43N7O. The lowest BCUT2D eigenvalue weighted by atomic mass is 9.77. The number of rotatable bonds is 10. The molecule has 0 fully saturated rings. The molecule has 5 aromatic carbocycles. The molecule has 8 aromatic rings. The number of pyridine rings is 1. The summed E-state index contributed by atoms with van der Waals surface area (Å²) in [4.78, 5) is 10.1. The first-order chi connectivity index (χ1) is 27.0. The van der Waals surface area contributed by atoms with Crippen molar-refractivity contribution in [2.24, 2.45) is 0 Å². The van der Waals surface area contributed by atoms with Crippen molar-refractivity contribution in [3.63, 3.8) is 0 Å². The lowest BCUT2D eigenvalue weighted by Gasteiger charge is -2.36. The second-order valence-corrected chi connectivity index (χ2v) is 14.6. The molecule has 0 unspecified atom stereocenters. The molecule has 0 spiro atoms. The van der Waals surface area contributed by atoms with Crippen LogP contribution in [0.4, 0.5) is 0 Å². The molecule has 272 valence electrons. The average molecular weight is 722 g/mol. The molecule has 3 heterocycles. The number of aromatic nitrogens is 7. The minimum absolute atomic E-state index is 0.109. The minimum atomic E-state index is -0.856. The minimum Gasteiger partial charge on any atom is -0.387 e. The number of hydrogen-bond acceptors (Lipinski definition) is 6. The predicted molar refractivity (Wildman–Crippen MR) is 217 cm³/mol. The normalized spacial score (nSPS) is 14.7. The number of fused-ring (bicyclic) bond motifs is 2. The van der Waals surface area contributed by atoms with Crippen molar-refractivity contribution < 1.29 is 5.11 Å². The van der Waals surface area contributed by atoms with Gasteiger partial charge >= 0.3 is 0 Å². The van der Waals surface area contributed by atoms with Crippen molar-refractivity contribution >= 4 is 11.2 Å². The highest BCUT2D eigenvalue weighted by Gasteiger charge is 2.42. The first-order valence-electron chi connectivity index (χ1n) is 19.2. The third-order valence-electron chi connectivity index (χ3n) is 11.2. The molecule has 0 amide bonds. The van der Waals surface area contributed by atoms with Gasteiger partial charge in [0.25, 0.3) is 0 Å². The Hall–Kier alpha value is -6.25. The quantitative estimate of drug-likeness (QED) is 0.142. The topological polar surface area (TPSA) is 94.5 Å². The predicted octanol–water partition coefficient (Wildman–Crippen LogP) is 9.44. The van der Waals surface area contributed by atoms with Gasteiger partial charge in [-0.05, 0) is 94.1 Å². The van der Waals surface area contributed by atoms with E-state index in [4.69, 9.17) is 20.3 Å². The SMILES string of the molecule is CCCc1nc2c(C)cc([C@@H](C)O)nc2n1[C@H]1CCc2cc(-c3ccccc3-c3nnnn3C(c3ccccc3)(c3ccccc3)c3ccccc3)ccc21. The van der Waals surface area contributed by atoms with E-state index in [2.05, 4.69) is 139 Å². The molecule has 0 aliphatic heterocycles. The van der Waals surface area contributed by atoms with E-state index in [1.807, 2.05) is 28.9 Å². The summed E-state index contributed by atoms with van der Waals surface area (Å²) in [7, 11) is 0. The van der Waals surface area contributed by atoms with E-state index in [0.717, 1.165) is 81.6 Å². The van der Waals surface area contributed by atoms with Crippen molar-refractivity contribution in [3.05, 3.63) is 184 Å². The van der Waals surface area contributed by atoms with Gasteiger partial charge in [-0.1, -0.05) is 140 Å². The molecule has 0 radical (unpaired) electrons. The van der Waals surface area contributed by atoms with Gasteiger partial charge in [0.15, 0.2) is 11.5 Å². The monoisotopic (exact) mass is 721 g/mol. The van der Waals surface area contributed by atoms with Gasteiger partial charge < -0.3 is 9.67 Å². The van der Waals surface area contributed by atoms with E-state index in [0.29, 0.717) is 11.5 Å². The molecule has 0 saturated heterocycles. The fourth-order valence-corrected chi connectivity index (χ4v) is 8.67. The van der Waals surface area contributed by atoms with E-state index in [-0.39, 0.29) is 6.04 Å². The number of aliphatic hydroxyl groups is 1. The van der Waals surface area contributed by atoms with Crippen molar-refractivity contribution in [1.29, 1.82) is 0 Å². The average Bonchev–Trinajstić information content (AvgIpc) is 3.97. The van der Waals surface area contributed by atoms with Crippen LogP contribution in [-0.4, -0.2) is 39.8 Å². The van der Waals surface area contributed by atoms with Crippen LogP contribution >= 0.6 is 0 Å². The molecule has 1 aliphatic carbocycles. The van der Waals surface area contributed by atoms with Crippen molar-refractivity contribution in [1.82, 2.24) is 34.7 Å². The number of aliphatic hydroxyl groups excluding tert-OH is 1. The smallest absolute Gasteiger partial charge is 0.184 e.